The van der Waals surface area contributed by atoms with Gasteiger partial charge in [0.1, 0.15) is 6.61 Å². The number of carbonyl (C=O) groups excluding carboxylic acids is 1. The van der Waals surface area contributed by atoms with E-state index < -0.39 is 5.91 Å². The Morgan fingerprint density at radius 3 is 2.72 bits per heavy atom. The van der Waals surface area contributed by atoms with Gasteiger partial charge in [0.15, 0.2) is 0 Å². The first kappa shape index (κ1) is 15.1. The molecule has 18 heavy (non-hydrogen) atoms. The van der Waals surface area contributed by atoms with E-state index in [0.29, 0.717) is 19.2 Å². The van der Waals surface area contributed by atoms with Crippen LogP contribution in [0.25, 0.3) is 0 Å². The van der Waals surface area contributed by atoms with Crippen LogP contribution in [0.4, 0.5) is 0 Å². The normalized spacial score (nSPS) is 12.3. The number of halogens is 1. The maximum absolute atomic E-state index is 10.4. The lowest BCUT2D eigenvalue weighted by Crippen LogP contribution is -2.32. The molecule has 100 valence electrons. The van der Waals surface area contributed by atoms with Crippen molar-refractivity contribution in [3.05, 3.63) is 34.3 Å². The number of hydrogen-bond acceptors (Lipinski definition) is 3. The predicted octanol–water partition coefficient (Wildman–Crippen LogP) is 1.47. The largest absolute Gasteiger partial charge is 0.370 e. The number of ether oxygens (including phenoxy) is 1. The van der Waals surface area contributed by atoms with Gasteiger partial charge in [0.05, 0.1) is 6.61 Å². The van der Waals surface area contributed by atoms with E-state index in [9.17, 15) is 4.79 Å². The van der Waals surface area contributed by atoms with Crippen LogP contribution in [0.5, 0.6) is 0 Å². The third-order valence-electron chi connectivity index (χ3n) is 2.44. The summed E-state index contributed by atoms with van der Waals surface area (Å²) in [7, 11) is 0. The second-order valence-corrected chi connectivity index (χ2v) is 5.12. The van der Waals surface area contributed by atoms with E-state index in [0.717, 1.165) is 10.9 Å². The average Bonchev–Trinajstić information content (AvgIpc) is 2.31. The lowest BCUT2D eigenvalue weighted by Gasteiger charge is -2.13. The average molecular weight is 315 g/mol. The third-order valence-corrected chi connectivity index (χ3v) is 2.97. The molecule has 0 saturated carbocycles. The van der Waals surface area contributed by atoms with E-state index in [1.807, 2.05) is 12.1 Å². The summed E-state index contributed by atoms with van der Waals surface area (Å²) in [5.74, 6) is -0.432. The van der Waals surface area contributed by atoms with E-state index in [-0.39, 0.29) is 6.61 Å². The van der Waals surface area contributed by atoms with Gasteiger partial charge in [-0.25, -0.2) is 0 Å². The van der Waals surface area contributed by atoms with Crippen molar-refractivity contribution >= 4 is 21.8 Å². The highest BCUT2D eigenvalue weighted by Crippen LogP contribution is 2.11. The third kappa shape index (κ3) is 6.74. The van der Waals surface area contributed by atoms with Gasteiger partial charge < -0.3 is 15.8 Å². The summed E-state index contributed by atoms with van der Waals surface area (Å²) in [6, 6.07) is 8.65. The number of primary amides is 1. The molecule has 0 aliphatic rings. The highest BCUT2D eigenvalue weighted by Gasteiger charge is 2.03. The van der Waals surface area contributed by atoms with Gasteiger partial charge in [0.2, 0.25) is 5.91 Å². The Balaban J connectivity index is 2.15. The molecule has 0 fully saturated rings. The highest BCUT2D eigenvalue weighted by molar-refractivity contribution is 9.10. The lowest BCUT2D eigenvalue weighted by molar-refractivity contribution is -0.122. The maximum Gasteiger partial charge on any atom is 0.243 e. The molecular weight excluding hydrogens is 296 g/mol. The van der Waals surface area contributed by atoms with Crippen molar-refractivity contribution in [2.75, 3.05) is 19.8 Å². The monoisotopic (exact) mass is 314 g/mol. The molecule has 0 spiro atoms. The summed E-state index contributed by atoms with van der Waals surface area (Å²) >= 11 is 3.41. The molecule has 1 atom stereocenters. The van der Waals surface area contributed by atoms with Crippen LogP contribution in [0.15, 0.2) is 28.7 Å². The van der Waals surface area contributed by atoms with Crippen molar-refractivity contribution < 1.29 is 9.53 Å². The Morgan fingerprint density at radius 2 is 2.11 bits per heavy atom. The van der Waals surface area contributed by atoms with Crippen LogP contribution in [0.3, 0.4) is 0 Å². The number of amides is 1. The molecule has 1 aromatic carbocycles. The Bertz CT molecular complexity index is 368. The SMILES string of the molecule is CC(Cc1ccc(Br)cc1)NCCOCC(N)=O. The number of nitrogens with one attached hydrogen (secondary N) is 1. The molecule has 0 radical (unpaired) electrons. The Labute approximate surface area is 116 Å². The zero-order valence-electron chi connectivity index (χ0n) is 10.5. The zero-order chi connectivity index (χ0) is 13.4. The van der Waals surface area contributed by atoms with Crippen LogP contribution in [0.1, 0.15) is 12.5 Å². The standard InChI is InChI=1S/C13H19BrN2O2/c1-10(16-6-7-18-9-13(15)17)8-11-2-4-12(14)5-3-11/h2-5,10,16H,6-9H2,1H3,(H2,15,17). The first-order valence-corrected chi connectivity index (χ1v) is 6.71. The second kappa shape index (κ2) is 8.24. The number of carbonyl (C=O) groups is 1. The molecule has 3 N–H and O–H groups in total. The number of rotatable bonds is 8. The van der Waals surface area contributed by atoms with Crippen molar-refractivity contribution in [1.29, 1.82) is 0 Å². The Hall–Kier alpha value is -0.910. The summed E-state index contributed by atoms with van der Waals surface area (Å²) in [5.41, 5.74) is 6.25. The van der Waals surface area contributed by atoms with Crippen LogP contribution in [-0.2, 0) is 16.0 Å². The molecule has 0 aliphatic heterocycles. The molecule has 1 unspecified atom stereocenters. The topological polar surface area (TPSA) is 64.3 Å². The molecule has 0 aromatic heterocycles. The molecule has 1 amide bonds. The minimum Gasteiger partial charge on any atom is -0.370 e. The van der Waals surface area contributed by atoms with Crippen LogP contribution in [0.2, 0.25) is 0 Å². The fourth-order valence-corrected chi connectivity index (χ4v) is 1.86. The van der Waals surface area contributed by atoms with Gasteiger partial charge in [0, 0.05) is 17.1 Å². The quantitative estimate of drug-likeness (QED) is 0.714. The molecule has 1 rings (SSSR count). The molecule has 0 heterocycles. The molecular formula is C13H19BrN2O2. The molecule has 4 nitrogen and oxygen atoms in total. The summed E-state index contributed by atoms with van der Waals surface area (Å²) < 4.78 is 6.16. The first-order valence-electron chi connectivity index (χ1n) is 5.92. The van der Waals surface area contributed by atoms with Crippen molar-refractivity contribution in [3.8, 4) is 0 Å². The van der Waals surface area contributed by atoms with Crippen molar-refractivity contribution in [2.45, 2.75) is 19.4 Å². The summed E-state index contributed by atoms with van der Waals surface area (Å²) in [4.78, 5) is 10.4. The molecule has 0 bridgehead atoms. The highest BCUT2D eigenvalue weighted by atomic mass is 79.9. The van der Waals surface area contributed by atoms with E-state index in [2.05, 4.69) is 40.3 Å². The van der Waals surface area contributed by atoms with Crippen LogP contribution < -0.4 is 11.1 Å². The minimum absolute atomic E-state index is 0.0111. The van der Waals surface area contributed by atoms with Gasteiger partial charge >= 0.3 is 0 Å². The molecule has 5 heteroatoms. The molecule has 0 saturated heterocycles. The van der Waals surface area contributed by atoms with Crippen LogP contribution in [-0.4, -0.2) is 31.7 Å². The summed E-state index contributed by atoms with van der Waals surface area (Å²) in [5, 5.41) is 3.33. The Kier molecular flexibility index (Phi) is 6.93. The van der Waals surface area contributed by atoms with Gasteiger partial charge in [-0.15, -0.1) is 0 Å². The van der Waals surface area contributed by atoms with Crippen molar-refractivity contribution in [1.82, 2.24) is 5.32 Å². The van der Waals surface area contributed by atoms with Gasteiger partial charge in [-0.2, -0.15) is 0 Å². The summed E-state index contributed by atoms with van der Waals surface area (Å²) in [6.45, 7) is 3.32. The van der Waals surface area contributed by atoms with Crippen molar-refractivity contribution in [2.24, 2.45) is 5.73 Å². The second-order valence-electron chi connectivity index (χ2n) is 4.20. The first-order chi connectivity index (χ1) is 8.58. The lowest BCUT2D eigenvalue weighted by atomic mass is 10.1. The fourth-order valence-electron chi connectivity index (χ4n) is 1.60. The van der Waals surface area contributed by atoms with E-state index in [1.54, 1.807) is 0 Å². The van der Waals surface area contributed by atoms with Gasteiger partial charge in [0.25, 0.3) is 0 Å². The van der Waals surface area contributed by atoms with E-state index in [4.69, 9.17) is 10.5 Å². The predicted molar refractivity (Wildman–Crippen MR) is 75.3 cm³/mol. The zero-order valence-corrected chi connectivity index (χ0v) is 12.1. The smallest absolute Gasteiger partial charge is 0.243 e. The van der Waals surface area contributed by atoms with E-state index >= 15 is 0 Å². The van der Waals surface area contributed by atoms with Crippen LogP contribution in [0, 0.1) is 0 Å². The number of benzene rings is 1. The van der Waals surface area contributed by atoms with Gasteiger partial charge in [-0.3, -0.25) is 4.79 Å². The van der Waals surface area contributed by atoms with Gasteiger partial charge in [-0.05, 0) is 31.0 Å². The summed E-state index contributed by atoms with van der Waals surface area (Å²) in [6.07, 6.45) is 0.961. The molecule has 1 aromatic rings. The Morgan fingerprint density at radius 1 is 1.44 bits per heavy atom. The fraction of sp³-hybridized carbons (Fsp3) is 0.462. The maximum atomic E-state index is 10.4. The van der Waals surface area contributed by atoms with E-state index in [1.165, 1.54) is 5.56 Å². The minimum atomic E-state index is -0.432. The number of hydrogen-bond donors (Lipinski definition) is 2. The van der Waals surface area contributed by atoms with Crippen LogP contribution >= 0.6 is 15.9 Å². The molecule has 0 aliphatic carbocycles. The van der Waals surface area contributed by atoms with Crippen molar-refractivity contribution in [3.63, 3.8) is 0 Å². The van der Waals surface area contributed by atoms with Gasteiger partial charge in [-0.1, -0.05) is 28.1 Å². The number of nitrogens with two attached hydrogens (primary N) is 1.